The Hall–Kier alpha value is -3.06. The van der Waals surface area contributed by atoms with Crippen LogP contribution >= 0.6 is 11.3 Å². The van der Waals surface area contributed by atoms with Crippen LogP contribution in [-0.4, -0.2) is 38.3 Å². The average molecular weight is 425 g/mol. The third-order valence-corrected chi connectivity index (χ3v) is 5.33. The van der Waals surface area contributed by atoms with E-state index in [0.29, 0.717) is 6.54 Å². The molecule has 158 valence electrons. The van der Waals surface area contributed by atoms with Gasteiger partial charge in [-0.1, -0.05) is 36.4 Å². The van der Waals surface area contributed by atoms with Gasteiger partial charge in [-0.25, -0.2) is 9.98 Å². The molecule has 1 aromatic heterocycles. The van der Waals surface area contributed by atoms with Gasteiger partial charge in [0.15, 0.2) is 17.5 Å². The molecule has 0 saturated carbocycles. The summed E-state index contributed by atoms with van der Waals surface area (Å²) in [6.07, 6.45) is 0.847. The number of aliphatic imine (C=N–C) groups is 1. The molecule has 2 N–H and O–H groups in total. The van der Waals surface area contributed by atoms with E-state index in [1.165, 1.54) is 5.56 Å². The van der Waals surface area contributed by atoms with Gasteiger partial charge in [-0.05, 0) is 31.0 Å². The maximum Gasteiger partial charge on any atom is 0.191 e. The van der Waals surface area contributed by atoms with E-state index in [-0.39, 0.29) is 0 Å². The fourth-order valence-electron chi connectivity index (χ4n) is 2.97. The van der Waals surface area contributed by atoms with Crippen molar-refractivity contribution in [3.05, 3.63) is 64.5 Å². The Morgan fingerprint density at radius 2 is 1.83 bits per heavy atom. The van der Waals surface area contributed by atoms with E-state index in [4.69, 9.17) is 14.5 Å². The number of benzene rings is 2. The fraction of sp³-hybridized carbons (Fsp3) is 0.304. The van der Waals surface area contributed by atoms with Crippen LogP contribution in [-0.2, 0) is 13.0 Å². The summed E-state index contributed by atoms with van der Waals surface area (Å²) >= 11 is 1.63. The van der Waals surface area contributed by atoms with E-state index < -0.39 is 0 Å². The lowest BCUT2D eigenvalue weighted by Crippen LogP contribution is -2.38. The first-order valence-corrected chi connectivity index (χ1v) is 10.8. The van der Waals surface area contributed by atoms with Crippen LogP contribution in [0.4, 0.5) is 0 Å². The Kier molecular flexibility index (Phi) is 8.09. The first kappa shape index (κ1) is 21.6. The van der Waals surface area contributed by atoms with Crippen LogP contribution in [0.25, 0.3) is 11.3 Å². The zero-order chi connectivity index (χ0) is 21.2. The monoisotopic (exact) mass is 424 g/mol. The quantitative estimate of drug-likeness (QED) is 0.399. The molecule has 6 nitrogen and oxygen atoms in total. The van der Waals surface area contributed by atoms with Crippen molar-refractivity contribution in [3.63, 3.8) is 0 Å². The molecule has 0 atom stereocenters. The topological polar surface area (TPSA) is 67.8 Å². The van der Waals surface area contributed by atoms with Gasteiger partial charge in [0.2, 0.25) is 0 Å². The van der Waals surface area contributed by atoms with Crippen molar-refractivity contribution in [2.24, 2.45) is 4.99 Å². The van der Waals surface area contributed by atoms with Gasteiger partial charge in [-0.2, -0.15) is 0 Å². The molecule has 0 aliphatic rings. The predicted molar refractivity (Wildman–Crippen MR) is 124 cm³/mol. The molecule has 30 heavy (non-hydrogen) atoms. The van der Waals surface area contributed by atoms with Crippen LogP contribution in [0.2, 0.25) is 0 Å². The van der Waals surface area contributed by atoms with E-state index in [2.05, 4.69) is 40.1 Å². The van der Waals surface area contributed by atoms with Crippen LogP contribution in [0.3, 0.4) is 0 Å². The van der Waals surface area contributed by atoms with Crippen molar-refractivity contribution >= 4 is 17.3 Å². The molecule has 0 amide bonds. The summed E-state index contributed by atoms with van der Waals surface area (Å²) in [6, 6.07) is 16.2. The van der Waals surface area contributed by atoms with Gasteiger partial charge >= 0.3 is 0 Å². The molecule has 1 heterocycles. The van der Waals surface area contributed by atoms with Gasteiger partial charge in [0.05, 0.1) is 26.5 Å². The minimum atomic E-state index is 0.545. The molecular weight excluding hydrogens is 396 g/mol. The number of rotatable bonds is 9. The van der Waals surface area contributed by atoms with Crippen LogP contribution in [0.15, 0.2) is 58.9 Å². The number of aromatic nitrogens is 1. The lowest BCUT2D eigenvalue weighted by molar-refractivity contribution is 0.354. The molecule has 7 heteroatoms. The van der Waals surface area contributed by atoms with Crippen molar-refractivity contribution in [2.45, 2.75) is 19.9 Å². The molecule has 0 aliphatic heterocycles. The SMILES string of the molecule is CCNC(=NCc1nc(-c2ccccc2)cs1)NCCc1ccc(OC)c(OC)c1. The lowest BCUT2D eigenvalue weighted by atomic mass is 10.1. The molecule has 3 rings (SSSR count). The standard InChI is InChI=1S/C23H28N4O2S/c1-4-24-23(25-13-12-17-10-11-20(28-2)21(14-17)29-3)26-15-22-27-19(16-30-22)18-8-6-5-7-9-18/h5-11,14,16H,4,12-13,15H2,1-3H3,(H2,24,25,26). The number of nitrogens with zero attached hydrogens (tertiary/aromatic N) is 2. The van der Waals surface area contributed by atoms with Crippen molar-refractivity contribution in [1.82, 2.24) is 15.6 Å². The van der Waals surface area contributed by atoms with E-state index in [9.17, 15) is 0 Å². The largest absolute Gasteiger partial charge is 0.493 e. The highest BCUT2D eigenvalue weighted by atomic mass is 32.1. The fourth-order valence-corrected chi connectivity index (χ4v) is 3.70. The van der Waals surface area contributed by atoms with Gasteiger partial charge in [-0.3, -0.25) is 0 Å². The number of guanidine groups is 1. The van der Waals surface area contributed by atoms with Crippen LogP contribution in [0, 0.1) is 0 Å². The Morgan fingerprint density at radius 3 is 2.57 bits per heavy atom. The Morgan fingerprint density at radius 1 is 1.03 bits per heavy atom. The molecule has 0 unspecified atom stereocenters. The van der Waals surface area contributed by atoms with E-state index >= 15 is 0 Å². The van der Waals surface area contributed by atoms with E-state index in [1.807, 2.05) is 36.4 Å². The van der Waals surface area contributed by atoms with Crippen molar-refractivity contribution in [2.75, 3.05) is 27.3 Å². The maximum absolute atomic E-state index is 5.38. The summed E-state index contributed by atoms with van der Waals surface area (Å²) in [4.78, 5) is 9.39. The van der Waals surface area contributed by atoms with Crippen molar-refractivity contribution < 1.29 is 9.47 Å². The van der Waals surface area contributed by atoms with Crippen LogP contribution in [0.1, 0.15) is 17.5 Å². The zero-order valence-electron chi connectivity index (χ0n) is 17.6. The molecule has 0 spiro atoms. The summed E-state index contributed by atoms with van der Waals surface area (Å²) in [6.45, 7) is 4.16. The lowest BCUT2D eigenvalue weighted by Gasteiger charge is -2.12. The second-order valence-corrected chi connectivity index (χ2v) is 7.50. The van der Waals surface area contributed by atoms with E-state index in [0.717, 1.165) is 53.2 Å². The molecule has 0 fully saturated rings. The molecule has 0 bridgehead atoms. The second kappa shape index (κ2) is 11.2. The van der Waals surface area contributed by atoms with Gasteiger partial charge in [0.1, 0.15) is 5.01 Å². The van der Waals surface area contributed by atoms with E-state index in [1.54, 1.807) is 25.6 Å². The highest BCUT2D eigenvalue weighted by molar-refractivity contribution is 7.09. The molecular formula is C23H28N4O2S. The van der Waals surface area contributed by atoms with Crippen LogP contribution in [0.5, 0.6) is 11.5 Å². The molecule has 3 aromatic rings. The normalized spacial score (nSPS) is 11.2. The van der Waals surface area contributed by atoms with Crippen LogP contribution < -0.4 is 20.1 Å². The molecule has 0 radical (unpaired) electrons. The minimum Gasteiger partial charge on any atom is -0.493 e. The van der Waals surface area contributed by atoms with Crippen molar-refractivity contribution in [3.8, 4) is 22.8 Å². The highest BCUT2D eigenvalue weighted by Crippen LogP contribution is 2.27. The summed E-state index contributed by atoms with van der Waals surface area (Å²) in [5.41, 5.74) is 3.30. The van der Waals surface area contributed by atoms with Gasteiger partial charge in [0, 0.05) is 24.0 Å². The summed E-state index contributed by atoms with van der Waals surface area (Å²) in [5.74, 6) is 2.27. The van der Waals surface area contributed by atoms with Crippen molar-refractivity contribution in [1.29, 1.82) is 0 Å². The number of nitrogens with one attached hydrogen (secondary N) is 2. The predicted octanol–water partition coefficient (Wildman–Crippen LogP) is 4.13. The third-order valence-electron chi connectivity index (χ3n) is 4.49. The summed E-state index contributed by atoms with van der Waals surface area (Å²) in [7, 11) is 3.29. The summed E-state index contributed by atoms with van der Waals surface area (Å²) in [5, 5.41) is 9.75. The number of hydrogen-bond acceptors (Lipinski definition) is 5. The first-order valence-electron chi connectivity index (χ1n) is 9.96. The number of thiazole rings is 1. The Bertz CT molecular complexity index is 957. The average Bonchev–Trinajstić information content (AvgIpc) is 3.27. The number of ether oxygens (including phenoxy) is 2. The smallest absolute Gasteiger partial charge is 0.191 e. The zero-order valence-corrected chi connectivity index (χ0v) is 18.5. The van der Waals surface area contributed by atoms with Gasteiger partial charge < -0.3 is 20.1 Å². The van der Waals surface area contributed by atoms with Gasteiger partial charge in [-0.15, -0.1) is 11.3 Å². The Balaban J connectivity index is 1.57. The summed E-state index contributed by atoms with van der Waals surface area (Å²) < 4.78 is 10.7. The maximum atomic E-state index is 5.38. The third kappa shape index (κ3) is 5.97. The minimum absolute atomic E-state index is 0.545. The second-order valence-electron chi connectivity index (χ2n) is 6.55. The number of hydrogen-bond donors (Lipinski definition) is 2. The van der Waals surface area contributed by atoms with Gasteiger partial charge in [0.25, 0.3) is 0 Å². The number of methoxy groups -OCH3 is 2. The Labute approximate surface area is 182 Å². The molecule has 0 aliphatic carbocycles. The first-order chi connectivity index (χ1) is 14.7. The molecule has 0 saturated heterocycles. The molecule has 2 aromatic carbocycles. The highest BCUT2D eigenvalue weighted by Gasteiger charge is 2.06.